The number of nitrogens with one attached hydrogen (secondary N) is 2. The van der Waals surface area contributed by atoms with Crippen molar-refractivity contribution in [1.29, 1.82) is 0 Å². The second kappa shape index (κ2) is 7.32. The first-order valence-corrected chi connectivity index (χ1v) is 9.97. The minimum Gasteiger partial charge on any atom is -0.294 e. The van der Waals surface area contributed by atoms with Gasteiger partial charge in [0.25, 0.3) is 11.1 Å². The highest BCUT2D eigenvalue weighted by Gasteiger charge is 2.28. The molecule has 3 aromatic heterocycles. The summed E-state index contributed by atoms with van der Waals surface area (Å²) in [6, 6.07) is 11.2. The number of pyridine rings is 1. The molecule has 3 heterocycles. The number of allylic oxidation sites excluding steroid dienone is 1. The zero-order chi connectivity index (χ0) is 21.5. The monoisotopic (exact) mass is 413 g/mol. The minimum absolute atomic E-state index is 0.0227. The lowest BCUT2D eigenvalue weighted by Crippen LogP contribution is -2.24. The summed E-state index contributed by atoms with van der Waals surface area (Å²) in [7, 11) is 0. The Hall–Kier alpha value is -4.07. The highest BCUT2D eigenvalue weighted by Crippen LogP contribution is 2.30. The van der Waals surface area contributed by atoms with Gasteiger partial charge in [-0.2, -0.15) is 4.68 Å². The number of aromatic nitrogens is 5. The predicted octanol–water partition coefficient (Wildman–Crippen LogP) is 2.56. The number of hydrogen-bond donors (Lipinski definition) is 2. The fourth-order valence-corrected chi connectivity index (χ4v) is 4.03. The Morgan fingerprint density at radius 1 is 1.13 bits per heavy atom. The van der Waals surface area contributed by atoms with Crippen LogP contribution in [0.15, 0.2) is 58.3 Å². The number of fused-ring (bicyclic) bond motifs is 3. The summed E-state index contributed by atoms with van der Waals surface area (Å²) >= 11 is 0. The smallest absolute Gasteiger partial charge is 0.283 e. The number of aryl methyl sites for hydroxylation is 1. The van der Waals surface area contributed by atoms with Gasteiger partial charge in [-0.15, -0.1) is 0 Å². The number of Topliss-reactive ketones (excluding diaryl/α,β-unsaturated/α-hetero) is 1. The fourth-order valence-electron chi connectivity index (χ4n) is 4.03. The Kier molecular flexibility index (Phi) is 4.47. The number of hydrogen-bond acceptors (Lipinski definition) is 5. The highest BCUT2D eigenvalue weighted by atomic mass is 16.1. The second-order valence-corrected chi connectivity index (χ2v) is 7.70. The molecule has 154 valence electrons. The molecule has 0 saturated heterocycles. The zero-order valence-corrected chi connectivity index (χ0v) is 16.8. The average molecular weight is 413 g/mol. The van der Waals surface area contributed by atoms with Crippen molar-refractivity contribution in [2.24, 2.45) is 5.92 Å². The van der Waals surface area contributed by atoms with Crippen LogP contribution in [0.1, 0.15) is 33.6 Å². The van der Waals surface area contributed by atoms with E-state index in [-0.39, 0.29) is 23.2 Å². The molecular weight excluding hydrogens is 394 g/mol. The normalized spacial score (nSPS) is 16.2. The van der Waals surface area contributed by atoms with Gasteiger partial charge in [0.05, 0.1) is 5.39 Å². The van der Waals surface area contributed by atoms with Crippen LogP contribution < -0.4 is 11.1 Å². The Morgan fingerprint density at radius 3 is 2.71 bits per heavy atom. The molecule has 8 nitrogen and oxygen atoms in total. The van der Waals surface area contributed by atoms with Gasteiger partial charge in [-0.1, -0.05) is 42.5 Å². The Bertz CT molecular complexity index is 1460. The summed E-state index contributed by atoms with van der Waals surface area (Å²) in [6.07, 6.45) is 6.46. The van der Waals surface area contributed by atoms with Crippen LogP contribution in [0.25, 0.3) is 23.1 Å². The van der Waals surface area contributed by atoms with Crippen molar-refractivity contribution < 1.29 is 4.79 Å². The van der Waals surface area contributed by atoms with Crippen molar-refractivity contribution in [2.45, 2.75) is 19.8 Å². The van der Waals surface area contributed by atoms with E-state index in [0.717, 1.165) is 5.56 Å². The molecule has 8 heteroatoms. The molecule has 0 radical (unpaired) electrons. The molecule has 2 N–H and O–H groups in total. The SMILES string of the molecule is Cc1cc(=O)[nH]c(-n2[nH]c3ncc4c(c3c2=O)C[C@@H](/C=C/c2ccccc2)CC4=O)n1. The van der Waals surface area contributed by atoms with Crippen molar-refractivity contribution in [2.75, 3.05) is 0 Å². The van der Waals surface area contributed by atoms with Crippen LogP contribution in [0, 0.1) is 12.8 Å². The van der Waals surface area contributed by atoms with Gasteiger partial charge in [-0.05, 0) is 30.4 Å². The summed E-state index contributed by atoms with van der Waals surface area (Å²) in [6.45, 7) is 1.68. The fraction of sp³-hybridized carbons (Fsp3) is 0.174. The van der Waals surface area contributed by atoms with E-state index < -0.39 is 5.56 Å². The molecule has 0 amide bonds. The average Bonchev–Trinajstić information content (AvgIpc) is 3.09. The molecule has 0 unspecified atom stereocenters. The summed E-state index contributed by atoms with van der Waals surface area (Å²) in [4.78, 5) is 48.9. The molecule has 0 fully saturated rings. The van der Waals surface area contributed by atoms with E-state index in [1.54, 1.807) is 6.92 Å². The minimum atomic E-state index is -0.395. The first-order chi connectivity index (χ1) is 15.0. The number of aromatic amines is 2. The van der Waals surface area contributed by atoms with E-state index >= 15 is 0 Å². The summed E-state index contributed by atoms with van der Waals surface area (Å²) in [5.74, 6) is 0.0301. The lowest BCUT2D eigenvalue weighted by Gasteiger charge is -2.21. The third kappa shape index (κ3) is 3.42. The molecule has 0 saturated carbocycles. The zero-order valence-electron chi connectivity index (χ0n) is 16.8. The molecule has 1 aliphatic carbocycles. The van der Waals surface area contributed by atoms with E-state index in [1.165, 1.54) is 16.9 Å². The van der Waals surface area contributed by atoms with Crippen molar-refractivity contribution in [3.63, 3.8) is 0 Å². The summed E-state index contributed by atoms with van der Waals surface area (Å²) in [5, 5.41) is 3.26. The van der Waals surface area contributed by atoms with E-state index in [0.29, 0.717) is 40.7 Å². The first kappa shape index (κ1) is 18.9. The van der Waals surface area contributed by atoms with E-state index in [9.17, 15) is 14.4 Å². The molecule has 1 aromatic carbocycles. The number of nitrogens with zero attached hydrogens (tertiary/aromatic N) is 3. The topological polar surface area (TPSA) is 113 Å². The van der Waals surface area contributed by atoms with Crippen LogP contribution in [-0.4, -0.2) is 30.5 Å². The molecule has 5 rings (SSSR count). The van der Waals surface area contributed by atoms with Gasteiger partial charge in [0.15, 0.2) is 11.4 Å². The summed E-state index contributed by atoms with van der Waals surface area (Å²) in [5.41, 5.74) is 2.30. The highest BCUT2D eigenvalue weighted by molar-refractivity contribution is 6.02. The quantitative estimate of drug-likeness (QED) is 0.536. The van der Waals surface area contributed by atoms with E-state index in [1.807, 2.05) is 42.5 Å². The van der Waals surface area contributed by atoms with Gasteiger partial charge in [0.2, 0.25) is 5.95 Å². The van der Waals surface area contributed by atoms with Gasteiger partial charge < -0.3 is 0 Å². The number of H-pyrrole nitrogens is 2. The maximum atomic E-state index is 13.2. The molecule has 0 aliphatic heterocycles. The van der Waals surface area contributed by atoms with Gasteiger partial charge in [-0.3, -0.25) is 24.5 Å². The number of benzene rings is 1. The van der Waals surface area contributed by atoms with Crippen LogP contribution in [-0.2, 0) is 6.42 Å². The molecule has 31 heavy (non-hydrogen) atoms. The molecule has 0 spiro atoms. The molecular formula is C23H19N5O3. The van der Waals surface area contributed by atoms with Gasteiger partial charge in [0.1, 0.15) is 0 Å². The molecule has 0 bridgehead atoms. The Balaban J connectivity index is 1.60. The van der Waals surface area contributed by atoms with Gasteiger partial charge in [0, 0.05) is 29.9 Å². The number of rotatable bonds is 3. The molecule has 1 atom stereocenters. The largest absolute Gasteiger partial charge is 0.294 e. The molecule has 4 aromatic rings. The predicted molar refractivity (Wildman–Crippen MR) is 116 cm³/mol. The van der Waals surface area contributed by atoms with Crippen molar-refractivity contribution in [1.82, 2.24) is 24.7 Å². The van der Waals surface area contributed by atoms with Crippen molar-refractivity contribution in [3.8, 4) is 5.95 Å². The lowest BCUT2D eigenvalue weighted by atomic mass is 9.82. The van der Waals surface area contributed by atoms with Crippen LogP contribution in [0.3, 0.4) is 0 Å². The van der Waals surface area contributed by atoms with Crippen LogP contribution in [0.2, 0.25) is 0 Å². The maximum Gasteiger partial charge on any atom is 0.283 e. The van der Waals surface area contributed by atoms with Gasteiger partial charge >= 0.3 is 0 Å². The second-order valence-electron chi connectivity index (χ2n) is 7.70. The lowest BCUT2D eigenvalue weighted by molar-refractivity contribution is 0.0959. The number of carbonyl (C=O) groups is 1. The van der Waals surface area contributed by atoms with Crippen molar-refractivity contribution in [3.05, 3.63) is 91.8 Å². The Labute approximate surface area is 176 Å². The maximum absolute atomic E-state index is 13.2. The van der Waals surface area contributed by atoms with E-state index in [2.05, 4.69) is 20.1 Å². The van der Waals surface area contributed by atoms with Crippen LogP contribution in [0.4, 0.5) is 0 Å². The van der Waals surface area contributed by atoms with E-state index in [4.69, 9.17) is 0 Å². The summed E-state index contributed by atoms with van der Waals surface area (Å²) < 4.78 is 1.17. The third-order valence-corrected chi connectivity index (χ3v) is 5.46. The van der Waals surface area contributed by atoms with Crippen LogP contribution in [0.5, 0.6) is 0 Å². The molecule has 1 aliphatic rings. The number of carbonyl (C=O) groups excluding carboxylic acids is 1. The Morgan fingerprint density at radius 2 is 1.94 bits per heavy atom. The standard InChI is InChI=1S/C23H19N5O3/c1-13-9-19(30)26-23(25-13)28-22(31)20-16-10-15(8-7-14-5-3-2-4-6-14)11-18(29)17(16)12-24-21(20)27-28/h2-9,12,15H,10-11H2,1H3,(H,24,27)(H,25,26,30)/b8-7+/t15-/m1/s1. The van der Waals surface area contributed by atoms with Crippen molar-refractivity contribution >= 4 is 22.9 Å². The number of ketones is 1. The third-order valence-electron chi connectivity index (χ3n) is 5.46. The van der Waals surface area contributed by atoms with Crippen LogP contribution >= 0.6 is 0 Å². The van der Waals surface area contributed by atoms with Gasteiger partial charge in [-0.25, -0.2) is 9.97 Å². The first-order valence-electron chi connectivity index (χ1n) is 9.97.